The summed E-state index contributed by atoms with van der Waals surface area (Å²) in [7, 11) is 0. The van der Waals surface area contributed by atoms with E-state index >= 15 is 0 Å². The SMILES string of the molecule is NC[C@@H]1CN(Cc2cc(F)ccc2[N+](=O)[O-])C[C@H]1c1ccccc1. The van der Waals surface area contributed by atoms with Crippen molar-refractivity contribution in [3.05, 3.63) is 75.6 Å². The molecular formula is C18H20FN3O2. The Labute approximate surface area is 140 Å². The number of hydrogen-bond acceptors (Lipinski definition) is 4. The molecule has 2 aromatic carbocycles. The molecule has 2 aromatic rings. The van der Waals surface area contributed by atoms with Gasteiger partial charge < -0.3 is 5.73 Å². The second-order valence-electron chi connectivity index (χ2n) is 6.24. The summed E-state index contributed by atoms with van der Waals surface area (Å²) >= 11 is 0. The van der Waals surface area contributed by atoms with E-state index in [9.17, 15) is 14.5 Å². The predicted octanol–water partition coefficient (Wildman–Crippen LogP) is 2.91. The highest BCUT2D eigenvalue weighted by Crippen LogP contribution is 2.33. The molecule has 0 saturated carbocycles. The van der Waals surface area contributed by atoms with Crippen LogP contribution in [0.4, 0.5) is 10.1 Å². The van der Waals surface area contributed by atoms with Gasteiger partial charge in [-0.05, 0) is 30.2 Å². The molecule has 1 saturated heterocycles. The van der Waals surface area contributed by atoms with E-state index < -0.39 is 10.7 Å². The molecule has 0 amide bonds. The standard InChI is InChI=1S/C18H20FN3O2/c19-16-6-7-18(22(23)24)14(8-16)10-21-11-15(9-20)17(12-21)13-4-2-1-3-5-13/h1-8,15,17H,9-12,20H2/t15-,17+/m1/s1. The summed E-state index contributed by atoms with van der Waals surface area (Å²) < 4.78 is 13.5. The Balaban J connectivity index is 1.80. The maximum atomic E-state index is 13.5. The fraction of sp³-hybridized carbons (Fsp3) is 0.333. The minimum atomic E-state index is -0.458. The van der Waals surface area contributed by atoms with E-state index in [0.29, 0.717) is 30.5 Å². The van der Waals surface area contributed by atoms with Crippen LogP contribution in [-0.2, 0) is 6.54 Å². The van der Waals surface area contributed by atoms with Gasteiger partial charge in [0.2, 0.25) is 0 Å². The first kappa shape index (κ1) is 16.5. The van der Waals surface area contributed by atoms with Crippen LogP contribution < -0.4 is 5.73 Å². The van der Waals surface area contributed by atoms with Crippen molar-refractivity contribution in [2.75, 3.05) is 19.6 Å². The Kier molecular flexibility index (Phi) is 4.87. The Bertz CT molecular complexity index is 723. The van der Waals surface area contributed by atoms with Crippen LogP contribution in [0.5, 0.6) is 0 Å². The third kappa shape index (κ3) is 3.44. The molecule has 126 valence electrons. The van der Waals surface area contributed by atoms with Gasteiger partial charge >= 0.3 is 0 Å². The van der Waals surface area contributed by atoms with Gasteiger partial charge in [-0.25, -0.2) is 4.39 Å². The lowest BCUT2D eigenvalue weighted by Crippen LogP contribution is -2.23. The molecular weight excluding hydrogens is 309 g/mol. The summed E-state index contributed by atoms with van der Waals surface area (Å²) in [5.74, 6) is 0.133. The van der Waals surface area contributed by atoms with Crippen molar-refractivity contribution < 1.29 is 9.31 Å². The van der Waals surface area contributed by atoms with Crippen molar-refractivity contribution in [1.82, 2.24) is 4.90 Å². The number of nitrogens with zero attached hydrogens (tertiary/aromatic N) is 2. The quantitative estimate of drug-likeness (QED) is 0.676. The summed E-state index contributed by atoms with van der Waals surface area (Å²) in [4.78, 5) is 12.8. The molecule has 1 aliphatic heterocycles. The normalized spacial score (nSPS) is 21.1. The lowest BCUT2D eigenvalue weighted by atomic mass is 9.89. The first-order chi connectivity index (χ1) is 11.6. The van der Waals surface area contributed by atoms with Gasteiger partial charge in [0.25, 0.3) is 5.69 Å². The maximum Gasteiger partial charge on any atom is 0.274 e. The molecule has 1 heterocycles. The molecule has 3 rings (SSSR count). The summed E-state index contributed by atoms with van der Waals surface area (Å²) in [6, 6.07) is 13.8. The number of likely N-dealkylation sites (tertiary alicyclic amines) is 1. The van der Waals surface area contributed by atoms with E-state index in [0.717, 1.165) is 19.2 Å². The zero-order chi connectivity index (χ0) is 17.1. The van der Waals surface area contributed by atoms with Crippen LogP contribution >= 0.6 is 0 Å². The van der Waals surface area contributed by atoms with Gasteiger partial charge in [-0.3, -0.25) is 15.0 Å². The molecule has 0 unspecified atom stereocenters. The number of nitro groups is 1. The molecule has 1 fully saturated rings. The van der Waals surface area contributed by atoms with Crippen molar-refractivity contribution in [3.63, 3.8) is 0 Å². The number of rotatable bonds is 5. The lowest BCUT2D eigenvalue weighted by Gasteiger charge is -2.17. The summed E-state index contributed by atoms with van der Waals surface area (Å²) in [5, 5.41) is 11.2. The number of nitrogens with two attached hydrogens (primary N) is 1. The van der Waals surface area contributed by atoms with E-state index in [1.54, 1.807) is 0 Å². The fourth-order valence-corrected chi connectivity index (χ4v) is 3.51. The molecule has 0 aromatic heterocycles. The van der Waals surface area contributed by atoms with E-state index in [4.69, 9.17) is 5.73 Å². The molecule has 6 heteroatoms. The van der Waals surface area contributed by atoms with Crippen molar-refractivity contribution in [2.45, 2.75) is 12.5 Å². The van der Waals surface area contributed by atoms with Crippen LogP contribution in [0.2, 0.25) is 0 Å². The van der Waals surface area contributed by atoms with Gasteiger partial charge in [0, 0.05) is 37.2 Å². The van der Waals surface area contributed by atoms with Gasteiger partial charge in [-0.15, -0.1) is 0 Å². The van der Waals surface area contributed by atoms with Crippen molar-refractivity contribution >= 4 is 5.69 Å². The van der Waals surface area contributed by atoms with Crippen LogP contribution in [0.1, 0.15) is 17.0 Å². The maximum absolute atomic E-state index is 13.5. The largest absolute Gasteiger partial charge is 0.330 e. The van der Waals surface area contributed by atoms with Crippen molar-refractivity contribution in [2.24, 2.45) is 11.7 Å². The summed E-state index contributed by atoms with van der Waals surface area (Å²) in [6.45, 7) is 2.43. The van der Waals surface area contributed by atoms with Crippen LogP contribution in [0.3, 0.4) is 0 Å². The number of hydrogen-bond donors (Lipinski definition) is 1. The van der Waals surface area contributed by atoms with Crippen LogP contribution in [0, 0.1) is 21.8 Å². The number of halogens is 1. The molecule has 5 nitrogen and oxygen atoms in total. The minimum absolute atomic E-state index is 0.0381. The van der Waals surface area contributed by atoms with Gasteiger partial charge in [0.15, 0.2) is 0 Å². The Morgan fingerprint density at radius 1 is 1.21 bits per heavy atom. The average Bonchev–Trinajstić information content (AvgIpc) is 2.98. The van der Waals surface area contributed by atoms with E-state index in [2.05, 4.69) is 17.0 Å². The molecule has 1 aliphatic rings. The predicted molar refractivity (Wildman–Crippen MR) is 90.1 cm³/mol. The fourth-order valence-electron chi connectivity index (χ4n) is 3.51. The smallest absolute Gasteiger partial charge is 0.274 e. The van der Waals surface area contributed by atoms with E-state index in [1.807, 2.05) is 18.2 Å². The monoisotopic (exact) mass is 329 g/mol. The highest BCUT2D eigenvalue weighted by Gasteiger charge is 2.33. The van der Waals surface area contributed by atoms with E-state index in [-0.39, 0.29) is 5.69 Å². The Hall–Kier alpha value is -2.31. The number of nitro benzene ring substituents is 1. The molecule has 2 N–H and O–H groups in total. The van der Waals surface area contributed by atoms with Gasteiger partial charge in [-0.2, -0.15) is 0 Å². The van der Waals surface area contributed by atoms with Crippen LogP contribution in [-0.4, -0.2) is 29.5 Å². The highest BCUT2D eigenvalue weighted by molar-refractivity contribution is 5.40. The first-order valence-electron chi connectivity index (χ1n) is 7.98. The Morgan fingerprint density at radius 3 is 2.62 bits per heavy atom. The van der Waals surface area contributed by atoms with Crippen LogP contribution in [0.15, 0.2) is 48.5 Å². The molecule has 2 atom stereocenters. The van der Waals surface area contributed by atoms with Crippen molar-refractivity contribution in [1.29, 1.82) is 0 Å². The molecule has 24 heavy (non-hydrogen) atoms. The van der Waals surface area contributed by atoms with Gasteiger partial charge in [0.05, 0.1) is 4.92 Å². The second kappa shape index (κ2) is 7.07. The summed E-state index contributed by atoms with van der Waals surface area (Å²) in [6.07, 6.45) is 0. The third-order valence-electron chi connectivity index (χ3n) is 4.68. The number of benzene rings is 2. The average molecular weight is 329 g/mol. The van der Waals surface area contributed by atoms with Gasteiger partial charge in [0.1, 0.15) is 5.82 Å². The molecule has 0 aliphatic carbocycles. The third-order valence-corrected chi connectivity index (χ3v) is 4.68. The van der Waals surface area contributed by atoms with Crippen LogP contribution in [0.25, 0.3) is 0 Å². The molecule has 0 bridgehead atoms. The minimum Gasteiger partial charge on any atom is -0.330 e. The highest BCUT2D eigenvalue weighted by atomic mass is 19.1. The topological polar surface area (TPSA) is 72.4 Å². The Morgan fingerprint density at radius 2 is 1.96 bits per heavy atom. The zero-order valence-corrected chi connectivity index (χ0v) is 13.3. The lowest BCUT2D eigenvalue weighted by molar-refractivity contribution is -0.385. The zero-order valence-electron chi connectivity index (χ0n) is 13.3. The van der Waals surface area contributed by atoms with E-state index in [1.165, 1.54) is 17.7 Å². The molecule has 0 radical (unpaired) electrons. The summed E-state index contributed by atoms with van der Waals surface area (Å²) in [5.41, 5.74) is 7.52. The van der Waals surface area contributed by atoms with Crippen molar-refractivity contribution in [3.8, 4) is 0 Å². The second-order valence-corrected chi connectivity index (χ2v) is 6.24. The molecule has 0 spiro atoms. The first-order valence-corrected chi connectivity index (χ1v) is 7.98. The van der Waals surface area contributed by atoms with Gasteiger partial charge in [-0.1, -0.05) is 30.3 Å².